The molecule has 2 heterocycles. The number of benzene rings is 2. The minimum absolute atomic E-state index is 0.330. The van der Waals surface area contributed by atoms with E-state index in [2.05, 4.69) is 15.4 Å². The van der Waals surface area contributed by atoms with Gasteiger partial charge in [0, 0.05) is 28.9 Å². The molecule has 1 N–H and O–H groups in total. The molecule has 1 atom stereocenters. The van der Waals surface area contributed by atoms with Gasteiger partial charge in [0.1, 0.15) is 5.82 Å². The Labute approximate surface area is 195 Å². The first-order valence-corrected chi connectivity index (χ1v) is 10.7. The van der Waals surface area contributed by atoms with Crippen molar-refractivity contribution in [2.75, 3.05) is 5.32 Å². The Hall–Kier alpha value is -4.33. The van der Waals surface area contributed by atoms with Crippen molar-refractivity contribution in [3.63, 3.8) is 0 Å². The van der Waals surface area contributed by atoms with E-state index in [1.165, 1.54) is 25.1 Å². The van der Waals surface area contributed by atoms with E-state index in [1.54, 1.807) is 47.3 Å². The zero-order valence-corrected chi connectivity index (χ0v) is 18.9. The highest BCUT2D eigenvalue weighted by atomic mass is 19.1. The summed E-state index contributed by atoms with van der Waals surface area (Å²) in [5.74, 6) is -1.44. The van der Waals surface area contributed by atoms with Gasteiger partial charge in [-0.2, -0.15) is 5.10 Å². The Morgan fingerprint density at radius 1 is 1.09 bits per heavy atom. The van der Waals surface area contributed by atoms with Crippen molar-refractivity contribution in [2.24, 2.45) is 0 Å². The molecule has 4 rings (SSSR count). The first-order chi connectivity index (χ1) is 16.3. The van der Waals surface area contributed by atoms with E-state index in [4.69, 9.17) is 4.74 Å². The van der Waals surface area contributed by atoms with E-state index in [9.17, 15) is 14.0 Å². The predicted molar refractivity (Wildman–Crippen MR) is 128 cm³/mol. The van der Waals surface area contributed by atoms with E-state index < -0.39 is 18.0 Å². The molecule has 0 saturated carbocycles. The van der Waals surface area contributed by atoms with Gasteiger partial charge in [-0.25, -0.2) is 13.9 Å². The highest BCUT2D eigenvalue weighted by molar-refractivity contribution is 6.03. The molecule has 1 amide bonds. The SMILES string of the molecule is Cc1nn(-c2ccc(F)cc2)c(C)c1/C=C/C(=O)OC(C)C(=O)Nc1cccc2ncccc12. The van der Waals surface area contributed by atoms with Gasteiger partial charge in [0.05, 0.1) is 22.6 Å². The maximum Gasteiger partial charge on any atom is 0.331 e. The van der Waals surface area contributed by atoms with Crippen LogP contribution in [0.4, 0.5) is 10.1 Å². The average molecular weight is 458 g/mol. The molecule has 34 heavy (non-hydrogen) atoms. The topological polar surface area (TPSA) is 86.1 Å². The van der Waals surface area contributed by atoms with Gasteiger partial charge in [0.25, 0.3) is 5.91 Å². The molecule has 0 aliphatic heterocycles. The Balaban J connectivity index is 1.42. The van der Waals surface area contributed by atoms with Crippen LogP contribution in [0, 0.1) is 19.7 Å². The largest absolute Gasteiger partial charge is 0.449 e. The Morgan fingerprint density at radius 2 is 1.85 bits per heavy atom. The van der Waals surface area contributed by atoms with Crippen molar-refractivity contribution in [3.8, 4) is 5.69 Å². The van der Waals surface area contributed by atoms with Crippen LogP contribution in [0.25, 0.3) is 22.7 Å². The summed E-state index contributed by atoms with van der Waals surface area (Å²) in [6, 6.07) is 15.0. The van der Waals surface area contributed by atoms with E-state index >= 15 is 0 Å². The third-order valence-electron chi connectivity index (χ3n) is 5.37. The summed E-state index contributed by atoms with van der Waals surface area (Å²) < 4.78 is 20.2. The number of hydrogen-bond donors (Lipinski definition) is 1. The van der Waals surface area contributed by atoms with Crippen molar-refractivity contribution >= 4 is 34.5 Å². The molecule has 7 nitrogen and oxygen atoms in total. The lowest BCUT2D eigenvalue weighted by Crippen LogP contribution is -2.29. The van der Waals surface area contributed by atoms with Crippen LogP contribution in [0.5, 0.6) is 0 Å². The van der Waals surface area contributed by atoms with Crippen molar-refractivity contribution in [1.29, 1.82) is 0 Å². The molecular weight excluding hydrogens is 435 g/mol. The van der Waals surface area contributed by atoms with Gasteiger partial charge in [0.2, 0.25) is 0 Å². The number of carbonyl (C=O) groups is 2. The first kappa shape index (κ1) is 22.8. The average Bonchev–Trinajstić information content (AvgIpc) is 3.11. The van der Waals surface area contributed by atoms with Gasteiger partial charge in [-0.15, -0.1) is 0 Å². The third kappa shape index (κ3) is 4.85. The number of fused-ring (bicyclic) bond motifs is 1. The molecule has 2 aromatic heterocycles. The van der Waals surface area contributed by atoms with E-state index in [0.29, 0.717) is 17.1 Å². The number of ether oxygens (including phenoxy) is 1. The van der Waals surface area contributed by atoms with Crippen LogP contribution in [0.1, 0.15) is 23.9 Å². The second-order valence-corrected chi connectivity index (χ2v) is 7.75. The molecule has 172 valence electrons. The van der Waals surface area contributed by atoms with Gasteiger partial charge in [-0.3, -0.25) is 9.78 Å². The highest BCUT2D eigenvalue weighted by Crippen LogP contribution is 2.22. The van der Waals surface area contributed by atoms with Crippen molar-refractivity contribution in [2.45, 2.75) is 26.9 Å². The first-order valence-electron chi connectivity index (χ1n) is 10.7. The summed E-state index contributed by atoms with van der Waals surface area (Å²) in [4.78, 5) is 29.2. The highest BCUT2D eigenvalue weighted by Gasteiger charge is 2.18. The van der Waals surface area contributed by atoms with Gasteiger partial charge in [-0.05, 0) is 75.4 Å². The number of anilines is 1. The molecule has 0 bridgehead atoms. The van der Waals surface area contributed by atoms with Gasteiger partial charge in [-0.1, -0.05) is 6.07 Å². The molecule has 0 fully saturated rings. The summed E-state index contributed by atoms with van der Waals surface area (Å²) in [5.41, 5.74) is 4.26. The van der Waals surface area contributed by atoms with Crippen LogP contribution in [0.3, 0.4) is 0 Å². The van der Waals surface area contributed by atoms with Crippen LogP contribution in [-0.2, 0) is 14.3 Å². The van der Waals surface area contributed by atoms with Gasteiger partial charge < -0.3 is 10.1 Å². The van der Waals surface area contributed by atoms with Gasteiger partial charge >= 0.3 is 5.97 Å². The molecule has 1 unspecified atom stereocenters. The smallest absolute Gasteiger partial charge is 0.331 e. The number of nitrogens with zero attached hydrogens (tertiary/aromatic N) is 3. The molecule has 0 radical (unpaired) electrons. The third-order valence-corrected chi connectivity index (χ3v) is 5.37. The van der Waals surface area contributed by atoms with Crippen LogP contribution in [0.2, 0.25) is 0 Å². The zero-order valence-electron chi connectivity index (χ0n) is 18.9. The minimum Gasteiger partial charge on any atom is -0.449 e. The number of carbonyl (C=O) groups excluding carboxylic acids is 2. The maximum absolute atomic E-state index is 13.2. The monoisotopic (exact) mass is 458 g/mol. The fourth-order valence-electron chi connectivity index (χ4n) is 3.59. The fourth-order valence-corrected chi connectivity index (χ4v) is 3.59. The number of aryl methyl sites for hydroxylation is 1. The summed E-state index contributed by atoms with van der Waals surface area (Å²) >= 11 is 0. The predicted octanol–water partition coefficient (Wildman–Crippen LogP) is 4.76. The minimum atomic E-state index is -1.01. The lowest BCUT2D eigenvalue weighted by molar-refractivity contribution is -0.148. The molecule has 0 spiro atoms. The Morgan fingerprint density at radius 3 is 2.62 bits per heavy atom. The van der Waals surface area contributed by atoms with E-state index in [1.807, 2.05) is 26.0 Å². The van der Waals surface area contributed by atoms with Crippen molar-refractivity contribution in [1.82, 2.24) is 14.8 Å². The Bertz CT molecular complexity index is 1390. The number of halogens is 1. The van der Waals surface area contributed by atoms with Crippen LogP contribution < -0.4 is 5.32 Å². The molecule has 0 aliphatic rings. The number of aromatic nitrogens is 3. The van der Waals surface area contributed by atoms with Crippen LogP contribution in [-0.4, -0.2) is 32.7 Å². The standard InChI is InChI=1S/C26H23FN4O3/c1-16-21(17(2)31(30-16)20-11-9-19(27)10-12-20)13-14-25(32)34-18(3)26(33)29-24-8-4-7-23-22(24)6-5-15-28-23/h4-15,18H,1-3H3,(H,29,33)/b14-13+. The molecule has 4 aromatic rings. The molecule has 2 aromatic carbocycles. The number of esters is 1. The fraction of sp³-hybridized carbons (Fsp3) is 0.154. The van der Waals surface area contributed by atoms with E-state index in [0.717, 1.165) is 22.2 Å². The number of amides is 1. The molecular formula is C26H23FN4O3. The van der Waals surface area contributed by atoms with Crippen molar-refractivity contribution in [3.05, 3.63) is 89.6 Å². The van der Waals surface area contributed by atoms with Crippen LogP contribution >= 0.6 is 0 Å². The van der Waals surface area contributed by atoms with Gasteiger partial charge in [0.15, 0.2) is 6.10 Å². The van der Waals surface area contributed by atoms with Crippen molar-refractivity contribution < 1.29 is 18.7 Å². The van der Waals surface area contributed by atoms with Crippen LogP contribution in [0.15, 0.2) is 66.9 Å². The number of rotatable bonds is 6. The summed E-state index contributed by atoms with van der Waals surface area (Å²) in [6.45, 7) is 5.17. The number of nitrogens with one attached hydrogen (secondary N) is 1. The molecule has 8 heteroatoms. The lowest BCUT2D eigenvalue weighted by atomic mass is 10.1. The molecule has 0 aliphatic carbocycles. The number of hydrogen-bond acceptors (Lipinski definition) is 5. The second-order valence-electron chi connectivity index (χ2n) is 7.75. The lowest BCUT2D eigenvalue weighted by Gasteiger charge is -2.13. The Kier molecular flexibility index (Phi) is 6.49. The summed E-state index contributed by atoms with van der Waals surface area (Å²) in [7, 11) is 0. The maximum atomic E-state index is 13.2. The normalized spacial score (nSPS) is 12.1. The molecule has 0 saturated heterocycles. The summed E-state index contributed by atoms with van der Waals surface area (Å²) in [5, 5.41) is 8.05. The number of pyridine rings is 1. The quantitative estimate of drug-likeness (QED) is 0.333. The second kappa shape index (κ2) is 9.66. The zero-order chi connectivity index (χ0) is 24.2. The van der Waals surface area contributed by atoms with E-state index in [-0.39, 0.29) is 5.82 Å². The summed E-state index contributed by atoms with van der Waals surface area (Å²) in [6.07, 6.45) is 3.53.